The van der Waals surface area contributed by atoms with Gasteiger partial charge in [0.15, 0.2) is 11.6 Å². The van der Waals surface area contributed by atoms with E-state index in [0.717, 1.165) is 51.3 Å². The Morgan fingerprint density at radius 2 is 1.80 bits per heavy atom. The summed E-state index contributed by atoms with van der Waals surface area (Å²) in [5, 5.41) is 6.18. The minimum absolute atomic E-state index is 0.0143. The average Bonchev–Trinajstić information content (AvgIpc) is 3.26. The van der Waals surface area contributed by atoms with Crippen molar-refractivity contribution in [2.75, 3.05) is 31.5 Å². The molecule has 0 aromatic heterocycles. The third kappa shape index (κ3) is 4.66. The largest absolute Gasteiger partial charge is 0.382 e. The normalized spacial score (nSPS) is 23.2. The second-order valence-corrected chi connectivity index (χ2v) is 6.97. The second-order valence-electron chi connectivity index (χ2n) is 6.97. The molecule has 2 aliphatic rings. The molecule has 4 nitrogen and oxygen atoms in total. The Morgan fingerprint density at radius 1 is 1.08 bits per heavy atom. The van der Waals surface area contributed by atoms with Gasteiger partial charge in [-0.25, -0.2) is 13.2 Å². The lowest BCUT2D eigenvalue weighted by molar-refractivity contribution is -0.129. The van der Waals surface area contributed by atoms with E-state index >= 15 is 0 Å². The van der Waals surface area contributed by atoms with Gasteiger partial charge in [0.05, 0.1) is 12.2 Å². The first-order valence-electron chi connectivity index (χ1n) is 8.92. The van der Waals surface area contributed by atoms with Crippen LogP contribution >= 0.6 is 0 Å². The number of carbonyl (C=O) groups excluding carboxylic acids is 1. The van der Waals surface area contributed by atoms with Gasteiger partial charge in [0.25, 0.3) is 0 Å². The van der Waals surface area contributed by atoms with Gasteiger partial charge in [-0.3, -0.25) is 4.79 Å². The maximum absolute atomic E-state index is 13.6. The third-order valence-corrected chi connectivity index (χ3v) is 5.13. The summed E-state index contributed by atoms with van der Waals surface area (Å²) >= 11 is 0. The van der Waals surface area contributed by atoms with Gasteiger partial charge in [-0.2, -0.15) is 0 Å². The monoisotopic (exact) mass is 355 g/mol. The molecule has 138 valence electrons. The third-order valence-electron chi connectivity index (χ3n) is 5.13. The summed E-state index contributed by atoms with van der Waals surface area (Å²) in [4.78, 5) is 13.9. The predicted molar refractivity (Wildman–Crippen MR) is 89.8 cm³/mol. The van der Waals surface area contributed by atoms with E-state index in [1.807, 2.05) is 4.90 Å². The zero-order valence-electron chi connectivity index (χ0n) is 14.2. The van der Waals surface area contributed by atoms with E-state index < -0.39 is 17.5 Å². The van der Waals surface area contributed by atoms with Crippen LogP contribution in [0.5, 0.6) is 0 Å². The van der Waals surface area contributed by atoms with Crippen LogP contribution in [0.3, 0.4) is 0 Å². The fourth-order valence-corrected chi connectivity index (χ4v) is 3.67. The molecule has 1 aromatic rings. The van der Waals surface area contributed by atoms with Gasteiger partial charge in [0.1, 0.15) is 5.82 Å². The topological polar surface area (TPSA) is 44.4 Å². The van der Waals surface area contributed by atoms with Crippen molar-refractivity contribution >= 4 is 11.6 Å². The maximum Gasteiger partial charge on any atom is 0.236 e. The number of amides is 1. The van der Waals surface area contributed by atoms with Crippen LogP contribution in [0, 0.1) is 23.4 Å². The molecular weight excluding hydrogens is 331 g/mol. The van der Waals surface area contributed by atoms with Gasteiger partial charge in [-0.15, -0.1) is 0 Å². The van der Waals surface area contributed by atoms with Crippen molar-refractivity contribution in [1.29, 1.82) is 0 Å². The van der Waals surface area contributed by atoms with Crippen molar-refractivity contribution in [3.8, 4) is 0 Å². The summed E-state index contributed by atoms with van der Waals surface area (Å²) < 4.78 is 39.7. The van der Waals surface area contributed by atoms with E-state index in [4.69, 9.17) is 0 Å². The smallest absolute Gasteiger partial charge is 0.236 e. The van der Waals surface area contributed by atoms with Crippen molar-refractivity contribution in [1.82, 2.24) is 10.2 Å². The molecule has 1 amide bonds. The highest BCUT2D eigenvalue weighted by Gasteiger charge is 2.26. The summed E-state index contributed by atoms with van der Waals surface area (Å²) in [6.45, 7) is 2.58. The van der Waals surface area contributed by atoms with E-state index in [9.17, 15) is 18.0 Å². The van der Waals surface area contributed by atoms with Crippen LogP contribution in [0.2, 0.25) is 0 Å². The van der Waals surface area contributed by atoms with Crippen LogP contribution in [0.25, 0.3) is 0 Å². The minimum atomic E-state index is -1.18. The molecule has 2 N–H and O–H groups in total. The first-order chi connectivity index (χ1) is 12.0. The number of carbonyl (C=O) groups is 1. The van der Waals surface area contributed by atoms with Gasteiger partial charge in [-0.1, -0.05) is 0 Å². The van der Waals surface area contributed by atoms with Crippen LogP contribution in [-0.4, -0.2) is 43.0 Å². The summed E-state index contributed by atoms with van der Waals surface area (Å²) in [6.07, 6.45) is 4.96. The first kappa shape index (κ1) is 18.0. The number of nitrogens with one attached hydrogen (secondary N) is 2. The Labute approximate surface area is 145 Å². The zero-order chi connectivity index (χ0) is 17.8. The number of hydrogen-bond donors (Lipinski definition) is 2. The zero-order valence-corrected chi connectivity index (χ0v) is 14.2. The molecule has 1 aliphatic carbocycles. The molecule has 0 bridgehead atoms. The number of anilines is 1. The van der Waals surface area contributed by atoms with Crippen LogP contribution in [0.4, 0.5) is 18.9 Å². The molecule has 2 fully saturated rings. The lowest BCUT2D eigenvalue weighted by atomic mass is 10.1. The molecular formula is C18H24F3N3O. The Balaban J connectivity index is 1.41. The number of halogens is 3. The Hall–Kier alpha value is -1.76. The quantitative estimate of drug-likeness (QED) is 0.772. The lowest BCUT2D eigenvalue weighted by Crippen LogP contribution is -2.39. The van der Waals surface area contributed by atoms with Crippen LogP contribution < -0.4 is 10.6 Å². The van der Waals surface area contributed by atoms with Gasteiger partial charge >= 0.3 is 0 Å². The van der Waals surface area contributed by atoms with E-state index in [0.29, 0.717) is 25.1 Å². The van der Waals surface area contributed by atoms with Crippen molar-refractivity contribution in [3.63, 3.8) is 0 Å². The van der Waals surface area contributed by atoms with Crippen molar-refractivity contribution in [2.24, 2.45) is 5.92 Å². The average molecular weight is 355 g/mol. The molecule has 2 atom stereocenters. The molecule has 1 aliphatic heterocycles. The Bertz CT molecular complexity index is 620. The van der Waals surface area contributed by atoms with Crippen molar-refractivity contribution < 1.29 is 18.0 Å². The molecule has 0 spiro atoms. The Kier molecular flexibility index (Phi) is 5.83. The molecule has 1 heterocycles. The fourth-order valence-electron chi connectivity index (χ4n) is 3.67. The summed E-state index contributed by atoms with van der Waals surface area (Å²) in [5.41, 5.74) is -0.0143. The highest BCUT2D eigenvalue weighted by atomic mass is 19.2. The number of hydrogen-bond acceptors (Lipinski definition) is 3. The molecule has 1 saturated carbocycles. The highest BCUT2D eigenvalue weighted by Crippen LogP contribution is 2.27. The van der Waals surface area contributed by atoms with Crippen molar-refractivity contribution in [3.05, 3.63) is 29.6 Å². The molecule has 7 heteroatoms. The van der Waals surface area contributed by atoms with Gasteiger partial charge in [0.2, 0.25) is 5.91 Å². The molecule has 1 aromatic carbocycles. The first-order valence-corrected chi connectivity index (χ1v) is 8.92. The molecule has 25 heavy (non-hydrogen) atoms. The SMILES string of the molecule is O=C(CNC1CCC(CNc2cc(F)c(F)cc2F)C1)N1CCCC1. The number of likely N-dealkylation sites (tertiary alicyclic amines) is 1. The second kappa shape index (κ2) is 8.08. The summed E-state index contributed by atoms with van der Waals surface area (Å²) in [7, 11) is 0. The predicted octanol–water partition coefficient (Wildman–Crippen LogP) is 2.90. The number of benzene rings is 1. The Morgan fingerprint density at radius 3 is 2.56 bits per heavy atom. The van der Waals surface area contributed by atoms with E-state index in [2.05, 4.69) is 10.6 Å². The van der Waals surface area contributed by atoms with E-state index in [1.165, 1.54) is 0 Å². The molecule has 1 saturated heterocycles. The molecule has 2 unspecified atom stereocenters. The fraction of sp³-hybridized carbons (Fsp3) is 0.611. The van der Waals surface area contributed by atoms with Gasteiger partial charge in [-0.05, 0) is 38.0 Å². The van der Waals surface area contributed by atoms with Gasteiger partial charge in [0, 0.05) is 37.8 Å². The molecule has 3 rings (SSSR count). The van der Waals surface area contributed by atoms with Gasteiger partial charge < -0.3 is 15.5 Å². The number of rotatable bonds is 6. The van der Waals surface area contributed by atoms with Crippen LogP contribution in [-0.2, 0) is 4.79 Å². The minimum Gasteiger partial charge on any atom is -0.382 e. The standard InChI is InChI=1S/C18H24F3N3O/c19-14-8-16(21)17(9-15(14)20)23-10-12-3-4-13(7-12)22-11-18(25)24-5-1-2-6-24/h8-9,12-13,22-23H,1-7,10-11H2. The maximum atomic E-state index is 13.6. The van der Waals surface area contributed by atoms with E-state index in [-0.39, 0.29) is 17.6 Å². The van der Waals surface area contributed by atoms with Crippen molar-refractivity contribution in [2.45, 2.75) is 38.1 Å². The molecule has 0 radical (unpaired) electrons. The van der Waals surface area contributed by atoms with Crippen LogP contribution in [0.1, 0.15) is 32.1 Å². The highest BCUT2D eigenvalue weighted by molar-refractivity contribution is 5.78. The summed E-state index contributed by atoms with van der Waals surface area (Å²) in [6, 6.07) is 1.68. The summed E-state index contributed by atoms with van der Waals surface area (Å²) in [5.74, 6) is -2.57. The lowest BCUT2D eigenvalue weighted by Gasteiger charge is -2.18. The number of nitrogens with zero attached hydrogens (tertiary/aromatic N) is 1. The van der Waals surface area contributed by atoms with E-state index in [1.54, 1.807) is 0 Å². The van der Waals surface area contributed by atoms with Crippen LogP contribution in [0.15, 0.2) is 12.1 Å².